The Morgan fingerprint density at radius 2 is 2.00 bits per heavy atom. The first-order valence-electron chi connectivity index (χ1n) is 5.54. The number of hydrogen-bond acceptors (Lipinski definition) is 3. The number of benzene rings is 1. The van der Waals surface area contributed by atoms with Crippen LogP contribution in [0.25, 0.3) is 0 Å². The highest BCUT2D eigenvalue weighted by molar-refractivity contribution is 7.91. The van der Waals surface area contributed by atoms with Gasteiger partial charge < -0.3 is 4.74 Å². The molecule has 0 radical (unpaired) electrons. The van der Waals surface area contributed by atoms with Crippen LogP contribution in [0, 0.1) is 12.7 Å². The Morgan fingerprint density at radius 3 is 2.59 bits per heavy atom. The van der Waals surface area contributed by atoms with Crippen LogP contribution in [-0.2, 0) is 9.84 Å². The molecule has 0 spiro atoms. The van der Waals surface area contributed by atoms with Crippen LogP contribution in [-0.4, -0.2) is 26.5 Å². The molecule has 0 aliphatic heterocycles. The van der Waals surface area contributed by atoms with Gasteiger partial charge in [-0.1, -0.05) is 6.92 Å². The number of hydrogen-bond donors (Lipinski definition) is 0. The molecule has 0 bridgehead atoms. The standard InChI is InChI=1S/C12H17FO3S/c1-3-7-17(14,15)8-6-16-12-5-4-11(13)9-10(12)2/h4-5,9H,3,6-8H2,1-2H3. The Hall–Kier alpha value is -1.10. The van der Waals surface area contributed by atoms with E-state index in [0.29, 0.717) is 17.7 Å². The van der Waals surface area contributed by atoms with Gasteiger partial charge in [0.05, 0.1) is 11.5 Å². The minimum Gasteiger partial charge on any atom is -0.492 e. The maximum Gasteiger partial charge on any atom is 0.153 e. The third kappa shape index (κ3) is 4.73. The molecule has 0 atom stereocenters. The SMILES string of the molecule is CCCS(=O)(=O)CCOc1ccc(F)cc1C. The van der Waals surface area contributed by atoms with Gasteiger partial charge in [-0.05, 0) is 37.1 Å². The summed E-state index contributed by atoms with van der Waals surface area (Å²) in [6.07, 6.45) is 0.609. The molecule has 3 nitrogen and oxygen atoms in total. The molecule has 0 heterocycles. The second-order valence-electron chi connectivity index (χ2n) is 3.91. The second kappa shape index (κ2) is 6.00. The fourth-order valence-corrected chi connectivity index (χ4v) is 2.63. The Bertz CT molecular complexity index is 469. The van der Waals surface area contributed by atoms with Crippen LogP contribution >= 0.6 is 0 Å². The molecule has 96 valence electrons. The van der Waals surface area contributed by atoms with Crippen molar-refractivity contribution < 1.29 is 17.5 Å². The van der Waals surface area contributed by atoms with E-state index in [1.807, 2.05) is 6.92 Å². The van der Waals surface area contributed by atoms with E-state index in [4.69, 9.17) is 4.74 Å². The smallest absolute Gasteiger partial charge is 0.153 e. The Labute approximate surface area is 102 Å². The maximum atomic E-state index is 12.8. The zero-order valence-corrected chi connectivity index (χ0v) is 10.9. The highest BCUT2D eigenvalue weighted by Crippen LogP contribution is 2.18. The van der Waals surface area contributed by atoms with E-state index < -0.39 is 9.84 Å². The van der Waals surface area contributed by atoms with Gasteiger partial charge in [0.2, 0.25) is 0 Å². The van der Waals surface area contributed by atoms with Gasteiger partial charge in [-0.25, -0.2) is 12.8 Å². The van der Waals surface area contributed by atoms with Crippen molar-refractivity contribution >= 4 is 9.84 Å². The van der Waals surface area contributed by atoms with Gasteiger partial charge in [-0.15, -0.1) is 0 Å². The molecule has 0 unspecified atom stereocenters. The average molecular weight is 260 g/mol. The fourth-order valence-electron chi connectivity index (χ4n) is 1.47. The molecule has 0 N–H and O–H groups in total. The topological polar surface area (TPSA) is 43.4 Å². The van der Waals surface area contributed by atoms with E-state index in [1.54, 1.807) is 6.92 Å². The molecule has 0 aliphatic rings. The van der Waals surface area contributed by atoms with Gasteiger partial charge in [-0.3, -0.25) is 0 Å². The minimum absolute atomic E-state index is 0.00232. The lowest BCUT2D eigenvalue weighted by Crippen LogP contribution is -2.17. The Balaban J connectivity index is 2.51. The molecule has 1 aromatic rings. The van der Waals surface area contributed by atoms with Crippen LogP contribution in [0.15, 0.2) is 18.2 Å². The van der Waals surface area contributed by atoms with E-state index in [0.717, 1.165) is 0 Å². The van der Waals surface area contributed by atoms with E-state index in [2.05, 4.69) is 0 Å². The molecular weight excluding hydrogens is 243 g/mol. The lowest BCUT2D eigenvalue weighted by Gasteiger charge is -2.09. The highest BCUT2D eigenvalue weighted by atomic mass is 32.2. The predicted molar refractivity (Wildman–Crippen MR) is 65.6 cm³/mol. The molecule has 0 saturated heterocycles. The van der Waals surface area contributed by atoms with Crippen LogP contribution in [0.5, 0.6) is 5.75 Å². The van der Waals surface area contributed by atoms with Gasteiger partial charge in [0.15, 0.2) is 9.84 Å². The van der Waals surface area contributed by atoms with E-state index in [-0.39, 0.29) is 23.9 Å². The van der Waals surface area contributed by atoms with Crippen molar-refractivity contribution in [3.8, 4) is 5.75 Å². The summed E-state index contributed by atoms with van der Waals surface area (Å²) in [5, 5.41) is 0. The molecule has 0 aromatic heterocycles. The summed E-state index contributed by atoms with van der Waals surface area (Å²) in [6.45, 7) is 3.65. The second-order valence-corrected chi connectivity index (χ2v) is 6.21. The summed E-state index contributed by atoms with van der Waals surface area (Å²) < 4.78 is 41.0. The van der Waals surface area contributed by atoms with Crippen LogP contribution in [0.4, 0.5) is 4.39 Å². The molecule has 17 heavy (non-hydrogen) atoms. The molecule has 1 rings (SSSR count). The van der Waals surface area contributed by atoms with Gasteiger partial charge in [0.25, 0.3) is 0 Å². The minimum atomic E-state index is -3.02. The summed E-state index contributed by atoms with van der Waals surface area (Å²) in [5.41, 5.74) is 0.665. The van der Waals surface area contributed by atoms with Gasteiger partial charge >= 0.3 is 0 Å². The number of aryl methyl sites for hydroxylation is 1. The Kier molecular flexibility index (Phi) is 4.93. The van der Waals surface area contributed by atoms with E-state index in [9.17, 15) is 12.8 Å². The van der Waals surface area contributed by atoms with Crippen molar-refractivity contribution in [3.63, 3.8) is 0 Å². The number of halogens is 1. The Morgan fingerprint density at radius 1 is 1.29 bits per heavy atom. The third-order valence-corrected chi connectivity index (χ3v) is 4.12. The molecule has 0 aliphatic carbocycles. The summed E-state index contributed by atoms with van der Waals surface area (Å²) in [7, 11) is -3.02. The third-order valence-electron chi connectivity index (χ3n) is 2.30. The lowest BCUT2D eigenvalue weighted by atomic mass is 10.2. The van der Waals surface area contributed by atoms with Crippen LogP contribution < -0.4 is 4.74 Å². The number of ether oxygens (including phenoxy) is 1. The molecule has 5 heteroatoms. The zero-order valence-electron chi connectivity index (χ0n) is 10.1. The number of rotatable bonds is 6. The first-order chi connectivity index (χ1) is 7.94. The quantitative estimate of drug-likeness (QED) is 0.788. The zero-order chi connectivity index (χ0) is 12.9. The van der Waals surface area contributed by atoms with Gasteiger partial charge in [-0.2, -0.15) is 0 Å². The molecular formula is C12H17FO3S. The predicted octanol–water partition coefficient (Wildman–Crippen LogP) is 2.34. The van der Waals surface area contributed by atoms with Crippen LogP contribution in [0.1, 0.15) is 18.9 Å². The summed E-state index contributed by atoms with van der Waals surface area (Å²) in [6, 6.07) is 4.16. The first-order valence-corrected chi connectivity index (χ1v) is 7.36. The largest absolute Gasteiger partial charge is 0.492 e. The maximum absolute atomic E-state index is 12.8. The molecule has 0 amide bonds. The molecule has 0 fully saturated rings. The van der Waals surface area contributed by atoms with Crippen molar-refractivity contribution in [1.29, 1.82) is 0 Å². The average Bonchev–Trinajstić information content (AvgIpc) is 2.21. The van der Waals surface area contributed by atoms with Gasteiger partial charge in [0, 0.05) is 0 Å². The monoisotopic (exact) mass is 260 g/mol. The molecule has 0 saturated carbocycles. The van der Waals surface area contributed by atoms with Crippen molar-refractivity contribution in [2.24, 2.45) is 0 Å². The van der Waals surface area contributed by atoms with Gasteiger partial charge in [0.1, 0.15) is 18.2 Å². The van der Waals surface area contributed by atoms with Crippen molar-refractivity contribution in [2.75, 3.05) is 18.1 Å². The van der Waals surface area contributed by atoms with Crippen molar-refractivity contribution in [3.05, 3.63) is 29.6 Å². The first kappa shape index (κ1) is 14.0. The highest BCUT2D eigenvalue weighted by Gasteiger charge is 2.10. The summed E-state index contributed by atoms with van der Waals surface area (Å²) >= 11 is 0. The summed E-state index contributed by atoms with van der Waals surface area (Å²) in [4.78, 5) is 0. The van der Waals surface area contributed by atoms with Crippen molar-refractivity contribution in [1.82, 2.24) is 0 Å². The van der Waals surface area contributed by atoms with Crippen LogP contribution in [0.3, 0.4) is 0 Å². The van der Waals surface area contributed by atoms with Crippen LogP contribution in [0.2, 0.25) is 0 Å². The molecule has 1 aromatic carbocycles. The van der Waals surface area contributed by atoms with E-state index in [1.165, 1.54) is 18.2 Å². The summed E-state index contributed by atoms with van der Waals surface area (Å²) in [5.74, 6) is 0.378. The van der Waals surface area contributed by atoms with E-state index >= 15 is 0 Å². The lowest BCUT2D eigenvalue weighted by molar-refractivity contribution is 0.338. The normalized spacial score (nSPS) is 11.5. The van der Waals surface area contributed by atoms with Crippen molar-refractivity contribution in [2.45, 2.75) is 20.3 Å². The number of sulfone groups is 1. The fraction of sp³-hybridized carbons (Fsp3) is 0.500.